The standard InChI is InChI=1S/C30H29ClF3N5O3/c1-16(2)11-20-14-36-39-25-15-37(28(41)19-7-10-24(31)23(13-19)30(32,33)34)17(3)12-22(25)29(42)38(27(20)39)21-8-5-18(6-9-21)26(40)35-4/h5-10,13-14,16-17H,11-12,15H2,1-4H3,(H,35,40)/t17-/m0/s1. The second-order valence-electron chi connectivity index (χ2n) is 10.9. The van der Waals surface area contributed by atoms with Gasteiger partial charge in [-0.15, -0.1) is 0 Å². The molecular formula is C30H29ClF3N5O3. The number of benzene rings is 2. The fraction of sp³-hybridized carbons (Fsp3) is 0.333. The molecule has 8 nitrogen and oxygen atoms in total. The first kappa shape index (κ1) is 29.4. The second kappa shape index (κ2) is 10.9. The van der Waals surface area contributed by atoms with Crippen molar-refractivity contribution in [2.45, 2.75) is 52.4 Å². The summed E-state index contributed by atoms with van der Waals surface area (Å²) in [6.45, 7) is 5.82. The molecule has 220 valence electrons. The highest BCUT2D eigenvalue weighted by Crippen LogP contribution is 2.36. The molecule has 4 aromatic rings. The maximum Gasteiger partial charge on any atom is 0.417 e. The molecule has 1 N–H and O–H groups in total. The SMILES string of the molecule is CNC(=O)c1ccc(-n2c(=O)c3c(n4ncc(CC(C)C)c24)CN(C(=O)c2ccc(Cl)c(C(F)(F)F)c2)[C@@H](C)C3)cc1. The van der Waals surface area contributed by atoms with Gasteiger partial charge in [0.25, 0.3) is 17.4 Å². The molecule has 1 aliphatic rings. The topological polar surface area (TPSA) is 88.7 Å². The molecule has 0 bridgehead atoms. The van der Waals surface area contributed by atoms with Gasteiger partial charge in [0.1, 0.15) is 5.65 Å². The van der Waals surface area contributed by atoms with Crippen molar-refractivity contribution in [2.75, 3.05) is 7.05 Å². The second-order valence-corrected chi connectivity index (χ2v) is 11.3. The Morgan fingerprint density at radius 2 is 1.79 bits per heavy atom. The molecule has 5 rings (SSSR count). The Morgan fingerprint density at radius 3 is 2.40 bits per heavy atom. The molecule has 2 aromatic carbocycles. The minimum Gasteiger partial charge on any atom is -0.355 e. The van der Waals surface area contributed by atoms with E-state index in [1.807, 2.05) is 13.8 Å². The van der Waals surface area contributed by atoms with E-state index in [9.17, 15) is 27.6 Å². The third-order valence-corrected chi connectivity index (χ3v) is 7.80. The quantitative estimate of drug-likeness (QED) is 0.337. The number of alkyl halides is 3. The Labute approximate surface area is 244 Å². The molecule has 42 heavy (non-hydrogen) atoms. The van der Waals surface area contributed by atoms with Gasteiger partial charge in [0.2, 0.25) is 0 Å². The molecule has 0 spiro atoms. The van der Waals surface area contributed by atoms with Crippen molar-refractivity contribution in [3.05, 3.63) is 97.5 Å². The van der Waals surface area contributed by atoms with Crippen LogP contribution < -0.4 is 10.9 Å². The lowest BCUT2D eigenvalue weighted by Crippen LogP contribution is -2.46. The van der Waals surface area contributed by atoms with Crippen LogP contribution in [-0.2, 0) is 25.6 Å². The highest BCUT2D eigenvalue weighted by molar-refractivity contribution is 6.31. The summed E-state index contributed by atoms with van der Waals surface area (Å²) in [5, 5.41) is 6.70. The number of rotatable bonds is 5. The van der Waals surface area contributed by atoms with Crippen molar-refractivity contribution < 1.29 is 22.8 Å². The molecule has 2 amide bonds. The van der Waals surface area contributed by atoms with Crippen LogP contribution in [0.15, 0.2) is 53.5 Å². The van der Waals surface area contributed by atoms with Crippen LogP contribution in [0.5, 0.6) is 0 Å². The van der Waals surface area contributed by atoms with Crippen LogP contribution in [0.3, 0.4) is 0 Å². The molecule has 2 aromatic heterocycles. The van der Waals surface area contributed by atoms with Gasteiger partial charge >= 0.3 is 6.18 Å². The summed E-state index contributed by atoms with van der Waals surface area (Å²) in [7, 11) is 1.54. The van der Waals surface area contributed by atoms with E-state index in [0.717, 1.165) is 17.7 Å². The van der Waals surface area contributed by atoms with E-state index in [1.54, 1.807) is 46.5 Å². The molecule has 0 unspecified atom stereocenters. The summed E-state index contributed by atoms with van der Waals surface area (Å²) in [4.78, 5) is 41.2. The third-order valence-electron chi connectivity index (χ3n) is 7.47. The van der Waals surface area contributed by atoms with Gasteiger partial charge in [-0.3, -0.25) is 19.0 Å². The van der Waals surface area contributed by atoms with Gasteiger partial charge < -0.3 is 10.2 Å². The van der Waals surface area contributed by atoms with E-state index in [2.05, 4.69) is 10.4 Å². The fourth-order valence-electron chi connectivity index (χ4n) is 5.43. The number of carbonyl (C=O) groups excluding carboxylic acids is 2. The summed E-state index contributed by atoms with van der Waals surface area (Å²) in [5.41, 5.74) is 1.80. The van der Waals surface area contributed by atoms with E-state index in [4.69, 9.17) is 11.6 Å². The minimum absolute atomic E-state index is 0.0235. The van der Waals surface area contributed by atoms with Crippen LogP contribution in [0.4, 0.5) is 13.2 Å². The maximum absolute atomic E-state index is 14.1. The van der Waals surface area contributed by atoms with Crippen LogP contribution in [0.25, 0.3) is 11.3 Å². The van der Waals surface area contributed by atoms with E-state index in [-0.39, 0.29) is 35.9 Å². The van der Waals surface area contributed by atoms with Crippen molar-refractivity contribution in [1.29, 1.82) is 0 Å². The Balaban J connectivity index is 1.64. The third kappa shape index (κ3) is 5.17. The normalized spacial score (nSPS) is 15.3. The minimum atomic E-state index is -4.72. The van der Waals surface area contributed by atoms with Gasteiger partial charge in [0.15, 0.2) is 0 Å². The Hall–Kier alpha value is -4.12. The average molecular weight is 600 g/mol. The number of halogens is 4. The van der Waals surface area contributed by atoms with Crippen LogP contribution in [0.1, 0.15) is 63.9 Å². The largest absolute Gasteiger partial charge is 0.417 e. The Bertz CT molecular complexity index is 1760. The monoisotopic (exact) mass is 599 g/mol. The first-order chi connectivity index (χ1) is 19.8. The number of carbonyl (C=O) groups is 2. The van der Waals surface area contributed by atoms with Gasteiger partial charge in [-0.2, -0.15) is 18.3 Å². The van der Waals surface area contributed by atoms with E-state index in [1.165, 1.54) is 18.0 Å². The van der Waals surface area contributed by atoms with E-state index in [0.29, 0.717) is 34.6 Å². The summed E-state index contributed by atoms with van der Waals surface area (Å²) >= 11 is 5.77. The first-order valence-electron chi connectivity index (χ1n) is 13.4. The summed E-state index contributed by atoms with van der Waals surface area (Å²) in [6, 6.07) is 9.29. The maximum atomic E-state index is 14.1. The molecule has 1 atom stereocenters. The summed E-state index contributed by atoms with van der Waals surface area (Å²) in [6.07, 6.45) is -2.22. The average Bonchev–Trinajstić information content (AvgIpc) is 3.34. The molecular weight excluding hydrogens is 571 g/mol. The number of hydrogen-bond acceptors (Lipinski definition) is 4. The molecule has 0 radical (unpaired) electrons. The van der Waals surface area contributed by atoms with Crippen molar-refractivity contribution in [1.82, 2.24) is 24.4 Å². The molecule has 0 aliphatic carbocycles. The van der Waals surface area contributed by atoms with Crippen LogP contribution in [0.2, 0.25) is 5.02 Å². The fourth-order valence-corrected chi connectivity index (χ4v) is 5.65. The number of nitrogens with zero attached hydrogens (tertiary/aromatic N) is 4. The number of fused-ring (bicyclic) bond motifs is 3. The lowest BCUT2D eigenvalue weighted by atomic mass is 9.97. The van der Waals surface area contributed by atoms with Gasteiger partial charge in [-0.1, -0.05) is 25.4 Å². The first-order valence-corrected chi connectivity index (χ1v) is 13.8. The van der Waals surface area contributed by atoms with Gasteiger partial charge in [0.05, 0.1) is 34.7 Å². The van der Waals surface area contributed by atoms with Crippen LogP contribution in [0, 0.1) is 5.92 Å². The molecule has 0 saturated heterocycles. The zero-order valence-corrected chi connectivity index (χ0v) is 24.2. The van der Waals surface area contributed by atoms with Gasteiger partial charge in [-0.25, -0.2) is 4.52 Å². The number of hydrogen-bond donors (Lipinski definition) is 1. The van der Waals surface area contributed by atoms with E-state index < -0.39 is 28.7 Å². The smallest absolute Gasteiger partial charge is 0.355 e. The molecule has 12 heteroatoms. The number of amides is 2. The van der Waals surface area contributed by atoms with Crippen LogP contribution in [-0.4, -0.2) is 44.0 Å². The summed E-state index contributed by atoms with van der Waals surface area (Å²) in [5.74, 6) is -0.609. The highest BCUT2D eigenvalue weighted by Gasteiger charge is 2.36. The molecule has 0 fully saturated rings. The highest BCUT2D eigenvalue weighted by atomic mass is 35.5. The number of nitrogens with one attached hydrogen (secondary N) is 1. The van der Waals surface area contributed by atoms with Crippen LogP contribution >= 0.6 is 11.6 Å². The van der Waals surface area contributed by atoms with E-state index >= 15 is 0 Å². The predicted molar refractivity (Wildman–Crippen MR) is 152 cm³/mol. The lowest BCUT2D eigenvalue weighted by Gasteiger charge is -2.35. The Kier molecular flexibility index (Phi) is 7.65. The van der Waals surface area contributed by atoms with Gasteiger partial charge in [0, 0.05) is 35.3 Å². The lowest BCUT2D eigenvalue weighted by molar-refractivity contribution is -0.137. The summed E-state index contributed by atoms with van der Waals surface area (Å²) < 4.78 is 43.7. The zero-order chi connectivity index (χ0) is 30.5. The zero-order valence-electron chi connectivity index (χ0n) is 23.4. The molecule has 1 aliphatic heterocycles. The molecule has 3 heterocycles. The van der Waals surface area contributed by atoms with Crippen molar-refractivity contribution in [3.63, 3.8) is 0 Å². The molecule has 0 saturated carbocycles. The van der Waals surface area contributed by atoms with Crippen molar-refractivity contribution >= 4 is 29.1 Å². The van der Waals surface area contributed by atoms with Crippen molar-refractivity contribution in [3.8, 4) is 5.69 Å². The van der Waals surface area contributed by atoms with Gasteiger partial charge in [-0.05, 0) is 68.1 Å². The Morgan fingerprint density at radius 1 is 1.12 bits per heavy atom. The number of aromatic nitrogens is 3. The predicted octanol–water partition coefficient (Wildman–Crippen LogP) is 5.30. The van der Waals surface area contributed by atoms with Crippen molar-refractivity contribution in [2.24, 2.45) is 5.92 Å².